The number of carbonyl (C=O) groups is 1. The second kappa shape index (κ2) is 9.94. The molecule has 0 unspecified atom stereocenters. The molecular formula is C24H16Cl2N2O6. The number of para-hydroxylation sites is 1. The number of methoxy groups -OCH3 is 1. The number of hydrogen-bond acceptors (Lipinski definition) is 7. The van der Waals surface area contributed by atoms with Crippen LogP contribution in [0.2, 0.25) is 10.0 Å². The van der Waals surface area contributed by atoms with Crippen molar-refractivity contribution in [1.29, 1.82) is 0 Å². The van der Waals surface area contributed by atoms with Gasteiger partial charge >= 0.3 is 5.97 Å². The van der Waals surface area contributed by atoms with Crippen LogP contribution in [0.5, 0.6) is 11.5 Å². The minimum absolute atomic E-state index is 0.00605. The number of carbonyl (C=O) groups excluding carboxylic acids is 1. The molecule has 0 radical (unpaired) electrons. The highest BCUT2D eigenvalue weighted by Gasteiger charge is 2.27. The van der Waals surface area contributed by atoms with Crippen molar-refractivity contribution >= 4 is 46.8 Å². The molecule has 172 valence electrons. The van der Waals surface area contributed by atoms with Crippen LogP contribution in [0, 0.1) is 10.1 Å². The number of rotatable bonds is 7. The van der Waals surface area contributed by atoms with Crippen molar-refractivity contribution in [3.63, 3.8) is 0 Å². The van der Waals surface area contributed by atoms with Gasteiger partial charge in [0.2, 0.25) is 5.90 Å². The zero-order valence-electron chi connectivity index (χ0n) is 17.7. The fourth-order valence-corrected chi connectivity index (χ4v) is 3.61. The van der Waals surface area contributed by atoms with Crippen molar-refractivity contribution < 1.29 is 23.9 Å². The van der Waals surface area contributed by atoms with Crippen LogP contribution in [-0.2, 0) is 16.1 Å². The molecular weight excluding hydrogens is 483 g/mol. The third-order valence-electron chi connectivity index (χ3n) is 4.80. The van der Waals surface area contributed by atoms with Gasteiger partial charge in [-0.05, 0) is 42.0 Å². The van der Waals surface area contributed by atoms with E-state index in [1.807, 2.05) is 12.1 Å². The summed E-state index contributed by atoms with van der Waals surface area (Å²) >= 11 is 11.9. The van der Waals surface area contributed by atoms with Crippen LogP contribution in [0.1, 0.15) is 16.7 Å². The Kier molecular flexibility index (Phi) is 6.81. The standard InChI is InChI=1S/C24H16Cl2N2O6/c1-32-21-7-3-5-15(22(21)33-13-14-4-2-6-17(25)10-14)11-19-24(29)34-23(27-19)16-8-9-18(26)20(12-16)28(30)31/h2-12H,13H2,1H3/b19-11-. The molecule has 0 amide bonds. The SMILES string of the molecule is COc1cccc(/C=C2\N=C(c3ccc(Cl)c([N+](=O)[O-])c3)OC2=O)c1OCc1cccc(Cl)c1. The van der Waals surface area contributed by atoms with Crippen molar-refractivity contribution in [3.8, 4) is 11.5 Å². The molecule has 0 fully saturated rings. The van der Waals surface area contributed by atoms with Crippen LogP contribution in [-0.4, -0.2) is 23.9 Å². The van der Waals surface area contributed by atoms with Gasteiger partial charge < -0.3 is 14.2 Å². The van der Waals surface area contributed by atoms with Gasteiger partial charge in [0.25, 0.3) is 5.69 Å². The van der Waals surface area contributed by atoms with Crippen LogP contribution in [0.25, 0.3) is 6.08 Å². The van der Waals surface area contributed by atoms with Crippen LogP contribution in [0.4, 0.5) is 5.69 Å². The van der Waals surface area contributed by atoms with E-state index >= 15 is 0 Å². The van der Waals surface area contributed by atoms with Crippen LogP contribution in [0.15, 0.2) is 71.4 Å². The highest BCUT2D eigenvalue weighted by atomic mass is 35.5. The van der Waals surface area contributed by atoms with Crippen molar-refractivity contribution in [3.05, 3.63) is 103 Å². The monoisotopic (exact) mass is 498 g/mol. The predicted molar refractivity (Wildman–Crippen MR) is 127 cm³/mol. The number of nitro groups is 1. The molecule has 0 bridgehead atoms. The Morgan fingerprint density at radius 3 is 2.65 bits per heavy atom. The molecule has 34 heavy (non-hydrogen) atoms. The average molecular weight is 499 g/mol. The van der Waals surface area contributed by atoms with E-state index in [1.54, 1.807) is 30.3 Å². The van der Waals surface area contributed by atoms with E-state index < -0.39 is 10.9 Å². The molecule has 3 aromatic carbocycles. The predicted octanol–water partition coefficient (Wildman–Crippen LogP) is 5.83. The lowest BCUT2D eigenvalue weighted by Crippen LogP contribution is -2.06. The first-order valence-corrected chi connectivity index (χ1v) is 10.6. The summed E-state index contributed by atoms with van der Waals surface area (Å²) in [6.45, 7) is 0.213. The summed E-state index contributed by atoms with van der Waals surface area (Å²) in [6, 6.07) is 16.5. The van der Waals surface area contributed by atoms with E-state index in [0.29, 0.717) is 22.1 Å². The number of aliphatic imine (C=N–C) groups is 1. The molecule has 0 spiro atoms. The van der Waals surface area contributed by atoms with Crippen LogP contribution >= 0.6 is 23.2 Å². The number of nitrogens with zero attached hydrogens (tertiary/aromatic N) is 2. The zero-order valence-corrected chi connectivity index (χ0v) is 19.2. The Labute approximate surface area is 204 Å². The summed E-state index contributed by atoms with van der Waals surface area (Å²) in [5.41, 5.74) is 1.30. The van der Waals surface area contributed by atoms with E-state index in [9.17, 15) is 14.9 Å². The molecule has 1 heterocycles. The Balaban J connectivity index is 1.67. The Hall–Kier alpha value is -3.88. The first kappa shape index (κ1) is 23.3. The molecule has 0 atom stereocenters. The lowest BCUT2D eigenvalue weighted by atomic mass is 10.1. The fourth-order valence-electron chi connectivity index (χ4n) is 3.21. The quantitative estimate of drug-likeness (QED) is 0.175. The highest BCUT2D eigenvalue weighted by Crippen LogP contribution is 2.35. The number of benzene rings is 3. The van der Waals surface area contributed by atoms with Gasteiger partial charge in [0, 0.05) is 22.2 Å². The van der Waals surface area contributed by atoms with E-state index in [1.165, 1.54) is 31.4 Å². The van der Waals surface area contributed by atoms with Gasteiger partial charge in [0.05, 0.1) is 12.0 Å². The van der Waals surface area contributed by atoms with Gasteiger partial charge in [-0.3, -0.25) is 10.1 Å². The van der Waals surface area contributed by atoms with Gasteiger partial charge in [-0.2, -0.15) is 0 Å². The zero-order chi connectivity index (χ0) is 24.2. The van der Waals surface area contributed by atoms with Crippen LogP contribution in [0.3, 0.4) is 0 Å². The van der Waals surface area contributed by atoms with Crippen molar-refractivity contribution in [2.24, 2.45) is 4.99 Å². The number of hydrogen-bond donors (Lipinski definition) is 0. The van der Waals surface area contributed by atoms with E-state index in [-0.39, 0.29) is 34.5 Å². The molecule has 0 saturated heterocycles. The van der Waals surface area contributed by atoms with Crippen molar-refractivity contribution in [2.75, 3.05) is 7.11 Å². The van der Waals surface area contributed by atoms with Crippen LogP contribution < -0.4 is 9.47 Å². The molecule has 8 nitrogen and oxygen atoms in total. The molecule has 1 aliphatic heterocycles. The van der Waals surface area contributed by atoms with Gasteiger partial charge in [-0.25, -0.2) is 9.79 Å². The summed E-state index contributed by atoms with van der Waals surface area (Å²) in [5.74, 6) is 0.0767. The molecule has 3 aromatic rings. The van der Waals surface area contributed by atoms with E-state index in [2.05, 4.69) is 4.99 Å². The van der Waals surface area contributed by atoms with Gasteiger partial charge in [-0.1, -0.05) is 47.5 Å². The molecule has 10 heteroatoms. The second-order valence-electron chi connectivity index (χ2n) is 7.06. The second-order valence-corrected chi connectivity index (χ2v) is 7.90. The average Bonchev–Trinajstić information content (AvgIpc) is 3.18. The first-order valence-electron chi connectivity index (χ1n) is 9.87. The topological polar surface area (TPSA) is 100 Å². The molecule has 1 aliphatic rings. The third-order valence-corrected chi connectivity index (χ3v) is 5.36. The largest absolute Gasteiger partial charge is 0.493 e. The Morgan fingerprint density at radius 1 is 1.12 bits per heavy atom. The van der Waals surface area contributed by atoms with Crippen molar-refractivity contribution in [1.82, 2.24) is 0 Å². The first-order chi connectivity index (χ1) is 16.4. The maximum atomic E-state index is 12.5. The summed E-state index contributed by atoms with van der Waals surface area (Å²) in [6.07, 6.45) is 1.50. The van der Waals surface area contributed by atoms with Gasteiger partial charge in [-0.15, -0.1) is 0 Å². The highest BCUT2D eigenvalue weighted by molar-refractivity contribution is 6.32. The summed E-state index contributed by atoms with van der Waals surface area (Å²) in [4.78, 5) is 27.2. The summed E-state index contributed by atoms with van der Waals surface area (Å²) < 4.78 is 16.6. The Bertz CT molecular complexity index is 1350. The lowest BCUT2D eigenvalue weighted by molar-refractivity contribution is -0.384. The smallest absolute Gasteiger partial charge is 0.363 e. The number of nitro benzene ring substituents is 1. The van der Waals surface area contributed by atoms with Crippen molar-refractivity contribution in [2.45, 2.75) is 6.61 Å². The Morgan fingerprint density at radius 2 is 1.91 bits per heavy atom. The number of halogens is 2. The fraction of sp³-hybridized carbons (Fsp3) is 0.0833. The number of cyclic esters (lactones) is 1. The van der Waals surface area contributed by atoms with Gasteiger partial charge in [0.15, 0.2) is 17.2 Å². The minimum atomic E-state index is -0.712. The maximum Gasteiger partial charge on any atom is 0.363 e. The summed E-state index contributed by atoms with van der Waals surface area (Å²) in [5, 5.41) is 11.7. The lowest BCUT2D eigenvalue weighted by Gasteiger charge is -2.13. The molecule has 0 aliphatic carbocycles. The minimum Gasteiger partial charge on any atom is -0.493 e. The molecule has 0 saturated carbocycles. The third kappa shape index (κ3) is 5.03. The molecule has 0 N–H and O–H groups in total. The number of ether oxygens (including phenoxy) is 3. The van der Waals surface area contributed by atoms with Gasteiger partial charge in [0.1, 0.15) is 11.6 Å². The molecule has 4 rings (SSSR count). The van der Waals surface area contributed by atoms with E-state index in [4.69, 9.17) is 37.4 Å². The van der Waals surface area contributed by atoms with E-state index in [0.717, 1.165) is 5.56 Å². The number of esters is 1. The normalized spacial score (nSPS) is 14.0. The molecule has 0 aromatic heterocycles. The summed E-state index contributed by atoms with van der Waals surface area (Å²) in [7, 11) is 1.51. The maximum absolute atomic E-state index is 12.5.